The molecule has 0 amide bonds. The highest BCUT2D eigenvalue weighted by molar-refractivity contribution is 5.92. The normalized spacial score (nSPS) is 12.6. The molecule has 0 aromatic heterocycles. The van der Waals surface area contributed by atoms with Crippen LogP contribution in [0.3, 0.4) is 0 Å². The fourth-order valence-electron chi connectivity index (χ4n) is 3.85. The van der Waals surface area contributed by atoms with Crippen molar-refractivity contribution in [2.75, 3.05) is 6.61 Å². The Morgan fingerprint density at radius 3 is 1.26 bits per heavy atom. The van der Waals surface area contributed by atoms with E-state index in [0.717, 1.165) is 0 Å². The number of ether oxygens (including phenoxy) is 4. The molecule has 0 N–H and O–H groups in total. The van der Waals surface area contributed by atoms with Crippen molar-refractivity contribution in [1.82, 2.24) is 0 Å². The second kappa shape index (κ2) is 14.7. The van der Waals surface area contributed by atoms with E-state index in [2.05, 4.69) is 0 Å². The summed E-state index contributed by atoms with van der Waals surface area (Å²) in [5, 5.41) is 0. The van der Waals surface area contributed by atoms with Gasteiger partial charge >= 0.3 is 23.9 Å². The van der Waals surface area contributed by atoms with Crippen molar-refractivity contribution >= 4 is 30.2 Å². The molecule has 0 unspecified atom stereocenters. The highest BCUT2D eigenvalue weighted by atomic mass is 16.6. The fourth-order valence-corrected chi connectivity index (χ4v) is 3.85. The molecule has 0 saturated heterocycles. The first-order valence-electron chi connectivity index (χ1n) is 12.9. The van der Waals surface area contributed by atoms with Crippen LogP contribution >= 0.6 is 0 Å². The highest BCUT2D eigenvalue weighted by Gasteiger charge is 2.40. The lowest BCUT2D eigenvalue weighted by Crippen LogP contribution is -2.48. The number of rotatable bonds is 12. The third kappa shape index (κ3) is 7.98. The summed E-state index contributed by atoms with van der Waals surface area (Å²) in [6, 6.07) is 31.7. The van der Waals surface area contributed by atoms with Gasteiger partial charge in [-0.25, -0.2) is 19.2 Å². The molecule has 3 atom stereocenters. The Morgan fingerprint density at radius 2 is 0.857 bits per heavy atom. The van der Waals surface area contributed by atoms with Gasteiger partial charge in [0.15, 0.2) is 24.6 Å². The van der Waals surface area contributed by atoms with Gasteiger partial charge in [0.1, 0.15) is 6.61 Å². The summed E-state index contributed by atoms with van der Waals surface area (Å²) in [6.07, 6.45) is -4.74. The van der Waals surface area contributed by atoms with E-state index in [1.165, 1.54) is 48.5 Å². The van der Waals surface area contributed by atoms with Crippen LogP contribution in [0.15, 0.2) is 121 Å². The minimum Gasteiger partial charge on any atom is -0.458 e. The first-order chi connectivity index (χ1) is 20.5. The van der Waals surface area contributed by atoms with E-state index < -0.39 is 48.8 Å². The molecular weight excluding hydrogens is 540 g/mol. The third-order valence-electron chi connectivity index (χ3n) is 5.99. The molecule has 0 spiro atoms. The summed E-state index contributed by atoms with van der Waals surface area (Å²) in [4.78, 5) is 64.2. The predicted octanol–water partition coefficient (Wildman–Crippen LogP) is 4.72. The average molecular weight is 567 g/mol. The second-order valence-corrected chi connectivity index (χ2v) is 8.88. The zero-order valence-corrected chi connectivity index (χ0v) is 22.2. The lowest BCUT2D eigenvalue weighted by atomic mass is 10.1. The van der Waals surface area contributed by atoms with Gasteiger partial charge in [0.05, 0.1) is 22.3 Å². The van der Waals surface area contributed by atoms with Gasteiger partial charge in [0.25, 0.3) is 0 Å². The zero-order valence-electron chi connectivity index (χ0n) is 22.2. The van der Waals surface area contributed by atoms with Crippen molar-refractivity contribution in [3.63, 3.8) is 0 Å². The summed E-state index contributed by atoms with van der Waals surface area (Å²) in [7, 11) is 0. The smallest absolute Gasteiger partial charge is 0.338 e. The summed E-state index contributed by atoms with van der Waals surface area (Å²) in [6.45, 7) is -0.633. The van der Waals surface area contributed by atoms with Crippen molar-refractivity contribution in [2.45, 2.75) is 18.3 Å². The molecule has 0 fully saturated rings. The van der Waals surface area contributed by atoms with E-state index in [4.69, 9.17) is 18.9 Å². The van der Waals surface area contributed by atoms with Crippen LogP contribution < -0.4 is 0 Å². The first kappa shape index (κ1) is 29.4. The molecule has 0 aliphatic heterocycles. The van der Waals surface area contributed by atoms with E-state index >= 15 is 0 Å². The Hall–Kier alpha value is -5.57. The van der Waals surface area contributed by atoms with Crippen LogP contribution in [0.1, 0.15) is 41.4 Å². The number of esters is 4. The quantitative estimate of drug-likeness (QED) is 0.136. The van der Waals surface area contributed by atoms with Crippen LogP contribution in [-0.4, -0.2) is 55.1 Å². The maximum atomic E-state index is 13.1. The van der Waals surface area contributed by atoms with Gasteiger partial charge in [-0.15, -0.1) is 0 Å². The molecule has 0 heterocycles. The SMILES string of the molecule is O=C[C@H](OC(=O)c1ccccc1)[C@@H](OC(=O)c1ccccc1)[C@@H](COC(=O)c1ccccc1)OC(=O)c1ccccc1. The van der Waals surface area contributed by atoms with Crippen LogP contribution in [0.25, 0.3) is 0 Å². The summed E-state index contributed by atoms with van der Waals surface area (Å²) < 4.78 is 22.1. The van der Waals surface area contributed by atoms with Crippen molar-refractivity contribution in [2.24, 2.45) is 0 Å². The van der Waals surface area contributed by atoms with Crippen LogP contribution in [0.2, 0.25) is 0 Å². The summed E-state index contributed by atoms with van der Waals surface area (Å²) >= 11 is 0. The van der Waals surface area contributed by atoms with Crippen LogP contribution in [0, 0.1) is 0 Å². The molecule has 4 rings (SSSR count). The third-order valence-corrected chi connectivity index (χ3v) is 5.99. The Balaban J connectivity index is 1.67. The number of hydrogen-bond acceptors (Lipinski definition) is 9. The monoisotopic (exact) mass is 566 g/mol. The molecule has 0 aliphatic rings. The predicted molar refractivity (Wildman–Crippen MR) is 150 cm³/mol. The van der Waals surface area contributed by atoms with Gasteiger partial charge in [-0.2, -0.15) is 0 Å². The van der Waals surface area contributed by atoms with Crippen LogP contribution in [0.5, 0.6) is 0 Å². The van der Waals surface area contributed by atoms with Crippen molar-refractivity contribution < 1.29 is 42.9 Å². The van der Waals surface area contributed by atoms with Crippen molar-refractivity contribution in [3.8, 4) is 0 Å². The molecule has 9 nitrogen and oxygen atoms in total. The molecule has 0 radical (unpaired) electrons. The molecule has 0 saturated carbocycles. The van der Waals surface area contributed by atoms with Gasteiger partial charge in [-0.05, 0) is 48.5 Å². The van der Waals surface area contributed by atoms with Crippen LogP contribution in [0.4, 0.5) is 0 Å². The standard InChI is InChI=1S/C33H26O9/c34-21-27(40-31(36)24-15-7-2-8-16-24)29(42-33(38)26-19-11-4-12-20-26)28(41-32(37)25-17-9-3-10-18-25)22-39-30(35)23-13-5-1-6-14-23/h1-21,27-29H,22H2/t27-,28+,29+/m0/s1. The summed E-state index contributed by atoms with van der Waals surface area (Å²) in [5.74, 6) is -3.38. The number of carbonyl (C=O) groups excluding carboxylic acids is 5. The van der Waals surface area contributed by atoms with Crippen molar-refractivity contribution in [1.29, 1.82) is 0 Å². The molecular formula is C33H26O9. The minimum absolute atomic E-state index is 0.121. The Bertz CT molecular complexity index is 1490. The number of carbonyl (C=O) groups is 5. The second-order valence-electron chi connectivity index (χ2n) is 8.88. The molecule has 212 valence electrons. The van der Waals surface area contributed by atoms with Gasteiger partial charge in [-0.3, -0.25) is 4.79 Å². The maximum absolute atomic E-state index is 13.1. The Labute approximate surface area is 241 Å². The molecule has 0 aliphatic carbocycles. The Kier molecular flexibility index (Phi) is 10.3. The fraction of sp³-hybridized carbons (Fsp3) is 0.121. The molecule has 4 aromatic rings. The highest BCUT2D eigenvalue weighted by Crippen LogP contribution is 2.19. The lowest BCUT2D eigenvalue weighted by molar-refractivity contribution is -0.132. The van der Waals surface area contributed by atoms with E-state index in [0.29, 0.717) is 0 Å². The lowest BCUT2D eigenvalue weighted by Gasteiger charge is -2.30. The maximum Gasteiger partial charge on any atom is 0.338 e. The first-order valence-corrected chi connectivity index (χ1v) is 12.9. The van der Waals surface area contributed by atoms with Gasteiger partial charge in [0, 0.05) is 0 Å². The van der Waals surface area contributed by atoms with Crippen molar-refractivity contribution in [3.05, 3.63) is 144 Å². The van der Waals surface area contributed by atoms with Crippen LogP contribution in [-0.2, 0) is 23.7 Å². The number of aldehydes is 1. The van der Waals surface area contributed by atoms with E-state index in [-0.39, 0.29) is 28.5 Å². The van der Waals surface area contributed by atoms with E-state index in [9.17, 15) is 24.0 Å². The minimum atomic E-state index is -1.74. The van der Waals surface area contributed by atoms with E-state index in [1.807, 2.05) is 0 Å². The van der Waals surface area contributed by atoms with Gasteiger partial charge < -0.3 is 18.9 Å². The van der Waals surface area contributed by atoms with Gasteiger partial charge in [0.2, 0.25) is 0 Å². The van der Waals surface area contributed by atoms with E-state index in [1.54, 1.807) is 72.8 Å². The zero-order chi connectivity index (χ0) is 29.7. The Morgan fingerprint density at radius 1 is 0.500 bits per heavy atom. The average Bonchev–Trinajstić information content (AvgIpc) is 3.05. The number of hydrogen-bond donors (Lipinski definition) is 0. The van der Waals surface area contributed by atoms with Gasteiger partial charge in [-0.1, -0.05) is 72.8 Å². The molecule has 4 aromatic carbocycles. The number of benzene rings is 4. The molecule has 9 heteroatoms. The summed E-state index contributed by atoms with van der Waals surface area (Å²) in [5.41, 5.74) is 0.613. The largest absolute Gasteiger partial charge is 0.458 e. The molecule has 42 heavy (non-hydrogen) atoms. The topological polar surface area (TPSA) is 122 Å². The molecule has 0 bridgehead atoms.